The van der Waals surface area contributed by atoms with Crippen molar-refractivity contribution in [2.24, 2.45) is 0 Å². The highest BCUT2D eigenvalue weighted by Crippen LogP contribution is 2.14. The van der Waals surface area contributed by atoms with E-state index in [0.717, 1.165) is 154 Å². The highest BCUT2D eigenvalue weighted by atomic mass is 16.6. The SMILES string of the molecule is CC/C=C\C/C=C\C/C=C\C/C=C\C/C=C\C/C=C\CCCCCCCCC(=O)OCC(COC(=O)CCCCCCC/C=C\C/C=C\CCC)OC(=O)CCCCCCC/C=C\CCCCCCC. The lowest BCUT2D eigenvalue weighted by Gasteiger charge is -2.18. The van der Waals surface area contributed by atoms with Crippen molar-refractivity contribution in [2.75, 3.05) is 13.2 Å². The van der Waals surface area contributed by atoms with Crippen molar-refractivity contribution in [3.8, 4) is 0 Å². The molecule has 6 heteroatoms. The molecule has 0 aromatic carbocycles. The van der Waals surface area contributed by atoms with Crippen LogP contribution in [-0.2, 0) is 28.6 Å². The number of rotatable bonds is 51. The maximum absolute atomic E-state index is 12.8. The Morgan fingerprint density at radius 2 is 0.586 bits per heavy atom. The van der Waals surface area contributed by atoms with Gasteiger partial charge in [-0.2, -0.15) is 0 Å². The van der Waals surface area contributed by atoms with Crippen LogP contribution in [0.15, 0.2) is 109 Å². The van der Waals surface area contributed by atoms with E-state index < -0.39 is 6.10 Å². The van der Waals surface area contributed by atoms with Gasteiger partial charge >= 0.3 is 17.9 Å². The average molecular weight is 972 g/mol. The standard InChI is InChI=1S/C64H106O6/c1-4-7-10-13-16-19-22-25-27-28-29-30-31-32-33-34-35-36-37-40-42-45-48-51-54-57-63(66)69-60-61(59-68-62(65)56-53-50-47-44-41-38-24-21-18-15-12-9-6-3)70-64(67)58-55-52-49-46-43-39-26-23-20-17-14-11-8-5-2/h7,10,12,15-16,19,21,23-27,29-30,32-33,35-36,61H,4-6,8-9,11,13-14,17-18,20,22,28,31,34,37-60H2,1-3H3/b10-7-,15-12-,19-16-,24-21-,26-23-,27-25-,30-29-,33-32-,36-35-. The molecule has 0 fully saturated rings. The second-order valence-corrected chi connectivity index (χ2v) is 18.8. The van der Waals surface area contributed by atoms with Gasteiger partial charge in [-0.05, 0) is 122 Å². The van der Waals surface area contributed by atoms with Gasteiger partial charge in [0.15, 0.2) is 6.10 Å². The summed E-state index contributed by atoms with van der Waals surface area (Å²) in [6.07, 6.45) is 77.9. The average Bonchev–Trinajstić information content (AvgIpc) is 3.36. The Hall–Kier alpha value is -3.93. The molecule has 0 amide bonds. The summed E-state index contributed by atoms with van der Waals surface area (Å²) in [5.74, 6) is -0.931. The first-order valence-electron chi connectivity index (χ1n) is 28.9. The molecule has 0 aliphatic rings. The van der Waals surface area contributed by atoms with Crippen molar-refractivity contribution in [2.45, 2.75) is 264 Å². The summed E-state index contributed by atoms with van der Waals surface area (Å²) < 4.78 is 16.8. The Morgan fingerprint density at radius 3 is 0.943 bits per heavy atom. The van der Waals surface area contributed by atoms with Crippen LogP contribution in [0.3, 0.4) is 0 Å². The number of carbonyl (C=O) groups excluding carboxylic acids is 3. The molecule has 6 nitrogen and oxygen atoms in total. The fraction of sp³-hybridized carbons (Fsp3) is 0.672. The van der Waals surface area contributed by atoms with Crippen molar-refractivity contribution in [3.63, 3.8) is 0 Å². The summed E-state index contributed by atoms with van der Waals surface area (Å²) in [5.41, 5.74) is 0. The molecule has 0 heterocycles. The van der Waals surface area contributed by atoms with Crippen LogP contribution in [0.5, 0.6) is 0 Å². The van der Waals surface area contributed by atoms with Crippen molar-refractivity contribution in [1.82, 2.24) is 0 Å². The quantitative estimate of drug-likeness (QED) is 0.0262. The predicted molar refractivity (Wildman–Crippen MR) is 302 cm³/mol. The normalized spacial score (nSPS) is 12.9. The maximum atomic E-state index is 12.8. The van der Waals surface area contributed by atoms with Crippen LogP contribution in [0.1, 0.15) is 258 Å². The molecule has 0 N–H and O–H groups in total. The van der Waals surface area contributed by atoms with Gasteiger partial charge in [-0.3, -0.25) is 14.4 Å². The third kappa shape index (κ3) is 55.0. The summed E-state index contributed by atoms with van der Waals surface area (Å²) >= 11 is 0. The monoisotopic (exact) mass is 971 g/mol. The van der Waals surface area contributed by atoms with E-state index in [9.17, 15) is 14.4 Å². The highest BCUT2D eigenvalue weighted by molar-refractivity contribution is 5.71. The van der Waals surface area contributed by atoms with E-state index in [1.807, 2.05) is 0 Å². The van der Waals surface area contributed by atoms with Gasteiger partial charge in [0.25, 0.3) is 0 Å². The highest BCUT2D eigenvalue weighted by Gasteiger charge is 2.19. The van der Waals surface area contributed by atoms with Crippen LogP contribution >= 0.6 is 0 Å². The number of hydrogen-bond acceptors (Lipinski definition) is 6. The summed E-state index contributed by atoms with van der Waals surface area (Å²) in [4.78, 5) is 38.1. The molecule has 0 saturated heterocycles. The molecule has 0 aliphatic heterocycles. The van der Waals surface area contributed by atoms with Gasteiger partial charge in [0.2, 0.25) is 0 Å². The molecule has 0 rings (SSSR count). The molecule has 1 atom stereocenters. The van der Waals surface area contributed by atoms with Crippen LogP contribution in [0.25, 0.3) is 0 Å². The molecule has 0 aromatic heterocycles. The van der Waals surface area contributed by atoms with Gasteiger partial charge in [-0.1, -0.05) is 226 Å². The summed E-state index contributed by atoms with van der Waals surface area (Å²) in [5, 5.41) is 0. The fourth-order valence-electron chi connectivity index (χ4n) is 7.65. The lowest BCUT2D eigenvalue weighted by Crippen LogP contribution is -2.30. The zero-order valence-electron chi connectivity index (χ0n) is 45.5. The molecule has 0 aliphatic carbocycles. The van der Waals surface area contributed by atoms with Crippen molar-refractivity contribution in [1.29, 1.82) is 0 Å². The van der Waals surface area contributed by atoms with E-state index in [1.54, 1.807) is 0 Å². The van der Waals surface area contributed by atoms with E-state index >= 15 is 0 Å². The van der Waals surface area contributed by atoms with Crippen LogP contribution in [0.4, 0.5) is 0 Å². The number of allylic oxidation sites excluding steroid dienone is 18. The Balaban J connectivity index is 4.38. The predicted octanol–water partition coefficient (Wildman–Crippen LogP) is 19.5. The van der Waals surface area contributed by atoms with Crippen molar-refractivity contribution in [3.05, 3.63) is 109 Å². The number of ether oxygens (including phenoxy) is 3. The van der Waals surface area contributed by atoms with E-state index in [-0.39, 0.29) is 31.1 Å². The Morgan fingerprint density at radius 1 is 0.300 bits per heavy atom. The third-order valence-electron chi connectivity index (χ3n) is 12.0. The molecule has 0 saturated carbocycles. The third-order valence-corrected chi connectivity index (χ3v) is 12.0. The van der Waals surface area contributed by atoms with E-state index in [4.69, 9.17) is 14.2 Å². The first-order chi connectivity index (χ1) is 34.5. The van der Waals surface area contributed by atoms with Gasteiger partial charge in [0.1, 0.15) is 13.2 Å². The summed E-state index contributed by atoms with van der Waals surface area (Å²) in [6, 6.07) is 0. The molecule has 0 aromatic rings. The molecule has 1 unspecified atom stereocenters. The smallest absolute Gasteiger partial charge is 0.306 e. The molecule has 398 valence electrons. The van der Waals surface area contributed by atoms with Gasteiger partial charge in [0.05, 0.1) is 0 Å². The minimum atomic E-state index is -0.796. The van der Waals surface area contributed by atoms with E-state index in [2.05, 4.69) is 130 Å². The maximum Gasteiger partial charge on any atom is 0.306 e. The molecule has 0 bridgehead atoms. The second kappa shape index (κ2) is 57.6. The van der Waals surface area contributed by atoms with Crippen molar-refractivity contribution >= 4 is 17.9 Å². The largest absolute Gasteiger partial charge is 0.462 e. The van der Waals surface area contributed by atoms with E-state index in [1.165, 1.54) is 64.2 Å². The molecule has 0 spiro atoms. The van der Waals surface area contributed by atoms with Gasteiger partial charge in [0, 0.05) is 19.3 Å². The zero-order chi connectivity index (χ0) is 50.7. The van der Waals surface area contributed by atoms with Gasteiger partial charge < -0.3 is 14.2 Å². The number of unbranched alkanes of at least 4 members (excludes halogenated alkanes) is 22. The zero-order valence-corrected chi connectivity index (χ0v) is 45.5. The van der Waals surface area contributed by atoms with Crippen LogP contribution < -0.4 is 0 Å². The summed E-state index contributed by atoms with van der Waals surface area (Å²) in [6.45, 7) is 6.42. The minimum Gasteiger partial charge on any atom is -0.462 e. The minimum absolute atomic E-state index is 0.0946. The summed E-state index contributed by atoms with van der Waals surface area (Å²) in [7, 11) is 0. The molecular formula is C64H106O6. The molecule has 0 radical (unpaired) electrons. The lowest BCUT2D eigenvalue weighted by molar-refractivity contribution is -0.167. The van der Waals surface area contributed by atoms with Crippen LogP contribution in [0.2, 0.25) is 0 Å². The topological polar surface area (TPSA) is 78.9 Å². The van der Waals surface area contributed by atoms with Crippen molar-refractivity contribution < 1.29 is 28.6 Å². The van der Waals surface area contributed by atoms with Crippen LogP contribution in [0, 0.1) is 0 Å². The lowest BCUT2D eigenvalue weighted by atomic mass is 10.1. The Bertz CT molecular complexity index is 1440. The van der Waals surface area contributed by atoms with Crippen LogP contribution in [-0.4, -0.2) is 37.2 Å². The van der Waals surface area contributed by atoms with E-state index in [0.29, 0.717) is 19.3 Å². The fourth-order valence-corrected chi connectivity index (χ4v) is 7.65. The number of hydrogen-bond donors (Lipinski definition) is 0. The Labute approximate surface area is 431 Å². The van der Waals surface area contributed by atoms with Gasteiger partial charge in [-0.15, -0.1) is 0 Å². The number of carbonyl (C=O) groups is 3. The Kier molecular flexibility index (Phi) is 54.4. The molecular weight excluding hydrogens is 865 g/mol. The first-order valence-corrected chi connectivity index (χ1v) is 28.9. The van der Waals surface area contributed by atoms with Gasteiger partial charge in [-0.25, -0.2) is 0 Å². The molecule has 70 heavy (non-hydrogen) atoms. The first kappa shape index (κ1) is 66.1. The number of esters is 3. The second-order valence-electron chi connectivity index (χ2n) is 18.8.